The summed E-state index contributed by atoms with van der Waals surface area (Å²) in [5.41, 5.74) is 0. The molecular formula is C13H13NO5S. The highest BCUT2D eigenvalue weighted by Gasteiger charge is 2.14. The van der Waals surface area contributed by atoms with Gasteiger partial charge in [-0.15, -0.1) is 0 Å². The summed E-state index contributed by atoms with van der Waals surface area (Å²) < 4.78 is 10.2. The van der Waals surface area contributed by atoms with Crippen LogP contribution >= 0.6 is 11.8 Å². The van der Waals surface area contributed by atoms with Crippen molar-refractivity contribution in [3.8, 4) is 0 Å². The summed E-state index contributed by atoms with van der Waals surface area (Å²) >= 11 is 1.16. The first kappa shape index (κ1) is 14.3. The lowest BCUT2D eigenvalue weighted by Crippen LogP contribution is -2.27. The van der Waals surface area contributed by atoms with Crippen LogP contribution in [0.4, 0.5) is 0 Å². The SMILES string of the molecule is CN(Cc1ccco1)C(=O)CSc1ccc(C(=O)O)o1. The lowest BCUT2D eigenvalue weighted by atomic mass is 10.4. The minimum Gasteiger partial charge on any atom is -0.475 e. The molecular weight excluding hydrogens is 282 g/mol. The average molecular weight is 295 g/mol. The van der Waals surface area contributed by atoms with Crippen molar-refractivity contribution in [3.05, 3.63) is 42.0 Å². The van der Waals surface area contributed by atoms with E-state index in [1.807, 2.05) is 0 Å². The molecule has 0 aliphatic carbocycles. The highest BCUT2D eigenvalue weighted by molar-refractivity contribution is 7.99. The van der Waals surface area contributed by atoms with Gasteiger partial charge in [-0.2, -0.15) is 0 Å². The van der Waals surface area contributed by atoms with Crippen LogP contribution in [-0.2, 0) is 11.3 Å². The summed E-state index contributed by atoms with van der Waals surface area (Å²) in [4.78, 5) is 24.1. The molecule has 1 N–H and O–H groups in total. The van der Waals surface area contributed by atoms with Gasteiger partial charge in [0, 0.05) is 7.05 Å². The van der Waals surface area contributed by atoms with Crippen molar-refractivity contribution in [1.82, 2.24) is 4.90 Å². The number of furan rings is 2. The Balaban J connectivity index is 1.83. The summed E-state index contributed by atoms with van der Waals surface area (Å²) in [6.07, 6.45) is 1.55. The highest BCUT2D eigenvalue weighted by atomic mass is 32.2. The van der Waals surface area contributed by atoms with E-state index in [0.29, 0.717) is 17.4 Å². The first-order valence-corrected chi connectivity index (χ1v) is 6.77. The smallest absolute Gasteiger partial charge is 0.371 e. The fourth-order valence-electron chi connectivity index (χ4n) is 1.48. The monoisotopic (exact) mass is 295 g/mol. The number of carboxylic acid groups (broad SMARTS) is 1. The Morgan fingerprint density at radius 3 is 2.75 bits per heavy atom. The molecule has 0 radical (unpaired) electrons. The third-order valence-corrected chi connectivity index (χ3v) is 3.42. The van der Waals surface area contributed by atoms with E-state index >= 15 is 0 Å². The van der Waals surface area contributed by atoms with Crippen LogP contribution in [0.2, 0.25) is 0 Å². The molecule has 0 aliphatic rings. The molecule has 0 fully saturated rings. The Bertz CT molecular complexity index is 590. The molecule has 2 heterocycles. The second-order valence-electron chi connectivity index (χ2n) is 4.04. The lowest BCUT2D eigenvalue weighted by Gasteiger charge is -2.14. The molecule has 0 spiro atoms. The molecule has 0 bridgehead atoms. The maximum Gasteiger partial charge on any atom is 0.371 e. The summed E-state index contributed by atoms with van der Waals surface area (Å²) in [6.45, 7) is 0.394. The normalized spacial score (nSPS) is 10.4. The van der Waals surface area contributed by atoms with Crippen molar-refractivity contribution >= 4 is 23.6 Å². The van der Waals surface area contributed by atoms with Crippen LogP contribution in [0.5, 0.6) is 0 Å². The van der Waals surface area contributed by atoms with Gasteiger partial charge in [0.05, 0.1) is 18.6 Å². The molecule has 0 saturated heterocycles. The molecule has 0 unspecified atom stereocenters. The van der Waals surface area contributed by atoms with E-state index in [1.54, 1.807) is 25.4 Å². The van der Waals surface area contributed by atoms with Gasteiger partial charge >= 0.3 is 5.97 Å². The first-order chi connectivity index (χ1) is 9.56. The summed E-state index contributed by atoms with van der Waals surface area (Å²) in [7, 11) is 1.68. The topological polar surface area (TPSA) is 83.9 Å². The number of carbonyl (C=O) groups excluding carboxylic acids is 1. The molecule has 0 saturated carbocycles. The van der Waals surface area contributed by atoms with E-state index in [9.17, 15) is 9.59 Å². The van der Waals surface area contributed by atoms with Gasteiger partial charge in [0.25, 0.3) is 0 Å². The molecule has 0 aromatic carbocycles. The van der Waals surface area contributed by atoms with Gasteiger partial charge in [-0.3, -0.25) is 4.79 Å². The van der Waals surface area contributed by atoms with Crippen molar-refractivity contribution in [1.29, 1.82) is 0 Å². The number of aromatic carboxylic acids is 1. The zero-order chi connectivity index (χ0) is 14.5. The second-order valence-corrected chi connectivity index (χ2v) is 5.02. The van der Waals surface area contributed by atoms with Crippen LogP contribution in [0.25, 0.3) is 0 Å². The van der Waals surface area contributed by atoms with E-state index in [4.69, 9.17) is 13.9 Å². The predicted octanol–water partition coefficient (Wildman–Crippen LogP) is 2.32. The van der Waals surface area contributed by atoms with E-state index in [1.165, 1.54) is 17.0 Å². The number of hydrogen-bond acceptors (Lipinski definition) is 5. The van der Waals surface area contributed by atoms with Gasteiger partial charge in [-0.25, -0.2) is 4.79 Å². The van der Waals surface area contributed by atoms with Crippen molar-refractivity contribution in [2.24, 2.45) is 0 Å². The maximum atomic E-state index is 11.9. The standard InChI is InChI=1S/C13H13NO5S/c1-14(7-9-3-2-6-18-9)11(15)8-20-12-5-4-10(19-12)13(16)17/h2-6H,7-8H2,1H3,(H,16,17). The maximum absolute atomic E-state index is 11.9. The average Bonchev–Trinajstić information content (AvgIpc) is 3.06. The van der Waals surface area contributed by atoms with Crippen LogP contribution < -0.4 is 0 Å². The first-order valence-electron chi connectivity index (χ1n) is 5.78. The Morgan fingerprint density at radius 2 is 2.15 bits per heavy atom. The van der Waals surface area contributed by atoms with Crippen LogP contribution in [0.15, 0.2) is 44.5 Å². The molecule has 7 heteroatoms. The van der Waals surface area contributed by atoms with Gasteiger partial charge < -0.3 is 18.8 Å². The van der Waals surface area contributed by atoms with Crippen LogP contribution in [0.1, 0.15) is 16.3 Å². The summed E-state index contributed by atoms with van der Waals surface area (Å²) in [5.74, 6) is -0.484. The molecule has 106 valence electrons. The van der Waals surface area contributed by atoms with Crippen molar-refractivity contribution in [2.75, 3.05) is 12.8 Å². The molecule has 0 atom stereocenters. The van der Waals surface area contributed by atoms with Crippen molar-refractivity contribution in [3.63, 3.8) is 0 Å². The summed E-state index contributed by atoms with van der Waals surface area (Å²) in [5, 5.41) is 9.12. The second kappa shape index (κ2) is 6.33. The minimum absolute atomic E-state index is 0.0975. The minimum atomic E-state index is -1.13. The van der Waals surface area contributed by atoms with Crippen LogP contribution in [0, 0.1) is 0 Å². The van der Waals surface area contributed by atoms with E-state index < -0.39 is 5.97 Å². The number of carbonyl (C=O) groups is 2. The Labute approximate surface area is 119 Å². The third kappa shape index (κ3) is 3.67. The van der Waals surface area contributed by atoms with E-state index in [-0.39, 0.29) is 17.4 Å². The quantitative estimate of drug-likeness (QED) is 0.823. The molecule has 2 aromatic heterocycles. The van der Waals surface area contributed by atoms with E-state index in [0.717, 1.165) is 11.8 Å². The molecule has 0 aliphatic heterocycles. The van der Waals surface area contributed by atoms with Gasteiger partial charge in [0.2, 0.25) is 11.7 Å². The van der Waals surface area contributed by atoms with Gasteiger partial charge in [-0.05, 0) is 24.3 Å². The Hall–Kier alpha value is -2.15. The number of carboxylic acids is 1. The largest absolute Gasteiger partial charge is 0.475 e. The highest BCUT2D eigenvalue weighted by Crippen LogP contribution is 2.21. The van der Waals surface area contributed by atoms with Gasteiger partial charge in [0.15, 0.2) is 5.09 Å². The lowest BCUT2D eigenvalue weighted by molar-refractivity contribution is -0.127. The fraction of sp³-hybridized carbons (Fsp3) is 0.231. The Kier molecular flexibility index (Phi) is 4.52. The van der Waals surface area contributed by atoms with Crippen LogP contribution in [-0.4, -0.2) is 34.7 Å². The molecule has 6 nitrogen and oxygen atoms in total. The predicted molar refractivity (Wildman–Crippen MR) is 71.6 cm³/mol. The Morgan fingerprint density at radius 1 is 1.35 bits per heavy atom. The fourth-order valence-corrected chi connectivity index (χ4v) is 2.28. The molecule has 1 amide bonds. The van der Waals surface area contributed by atoms with Gasteiger partial charge in [-0.1, -0.05) is 11.8 Å². The van der Waals surface area contributed by atoms with E-state index in [2.05, 4.69) is 0 Å². The molecule has 20 heavy (non-hydrogen) atoms. The number of amides is 1. The zero-order valence-electron chi connectivity index (χ0n) is 10.7. The number of rotatable bonds is 6. The van der Waals surface area contributed by atoms with Gasteiger partial charge in [0.1, 0.15) is 5.76 Å². The van der Waals surface area contributed by atoms with Crippen molar-refractivity contribution in [2.45, 2.75) is 11.6 Å². The molecule has 2 aromatic rings. The number of hydrogen-bond donors (Lipinski definition) is 1. The number of nitrogens with zero attached hydrogens (tertiary/aromatic N) is 1. The summed E-state index contributed by atoms with van der Waals surface area (Å²) in [6, 6.07) is 6.46. The van der Waals surface area contributed by atoms with Crippen molar-refractivity contribution < 1.29 is 23.5 Å². The third-order valence-electron chi connectivity index (χ3n) is 2.53. The van der Waals surface area contributed by atoms with Crippen LogP contribution in [0.3, 0.4) is 0 Å². The number of thioether (sulfide) groups is 1. The zero-order valence-corrected chi connectivity index (χ0v) is 11.6. The molecule has 2 rings (SSSR count).